The summed E-state index contributed by atoms with van der Waals surface area (Å²) in [5.41, 5.74) is 0.485. The molecule has 6 heteroatoms. The van der Waals surface area contributed by atoms with Crippen molar-refractivity contribution < 1.29 is 19.4 Å². The maximum Gasteiger partial charge on any atom is 0.359 e. The number of hydrogen-bond acceptors (Lipinski definition) is 5. The van der Waals surface area contributed by atoms with Crippen LogP contribution < -0.4 is 0 Å². The summed E-state index contributed by atoms with van der Waals surface area (Å²) in [4.78, 5) is 31.8. The molecular formula is C18H26N2O4. The number of nitrogens with zero attached hydrogens (tertiary/aromatic N) is 2. The van der Waals surface area contributed by atoms with Crippen molar-refractivity contribution >= 4 is 11.9 Å². The van der Waals surface area contributed by atoms with Gasteiger partial charge in [-0.05, 0) is 44.4 Å². The maximum atomic E-state index is 12.6. The van der Waals surface area contributed by atoms with E-state index in [0.29, 0.717) is 17.8 Å². The summed E-state index contributed by atoms with van der Waals surface area (Å²) in [6.07, 6.45) is 2.94. The van der Waals surface area contributed by atoms with Crippen LogP contribution in [-0.2, 0) is 4.74 Å². The number of aromatic carboxylic acids is 1. The normalized spacial score (nSPS) is 24.0. The highest BCUT2D eigenvalue weighted by Crippen LogP contribution is 2.35. The van der Waals surface area contributed by atoms with Gasteiger partial charge in [0, 0.05) is 0 Å². The predicted molar refractivity (Wildman–Crippen MR) is 89.0 cm³/mol. The van der Waals surface area contributed by atoms with E-state index in [1.54, 1.807) is 6.92 Å². The molecule has 1 aliphatic rings. The molecule has 0 aliphatic heterocycles. The first-order valence-corrected chi connectivity index (χ1v) is 8.50. The van der Waals surface area contributed by atoms with E-state index in [-0.39, 0.29) is 28.9 Å². The Balaban J connectivity index is 2.22. The lowest BCUT2D eigenvalue weighted by Gasteiger charge is -2.36. The first-order chi connectivity index (χ1) is 11.2. The first-order valence-electron chi connectivity index (χ1n) is 8.50. The second-order valence-corrected chi connectivity index (χ2v) is 7.17. The van der Waals surface area contributed by atoms with Gasteiger partial charge in [-0.1, -0.05) is 27.2 Å². The molecule has 0 bridgehead atoms. The van der Waals surface area contributed by atoms with Crippen molar-refractivity contribution in [3.63, 3.8) is 0 Å². The Morgan fingerprint density at radius 1 is 1.12 bits per heavy atom. The van der Waals surface area contributed by atoms with Crippen molar-refractivity contribution in [1.82, 2.24) is 9.97 Å². The summed E-state index contributed by atoms with van der Waals surface area (Å²) < 4.78 is 5.77. The zero-order valence-electron chi connectivity index (χ0n) is 15.0. The minimum Gasteiger partial charge on any atom is -0.476 e. The van der Waals surface area contributed by atoms with Gasteiger partial charge < -0.3 is 9.84 Å². The Bertz CT molecular complexity index is 642. The molecule has 1 aliphatic carbocycles. The van der Waals surface area contributed by atoms with Gasteiger partial charge in [-0.3, -0.25) is 0 Å². The van der Waals surface area contributed by atoms with E-state index < -0.39 is 11.9 Å². The smallest absolute Gasteiger partial charge is 0.359 e. The number of ether oxygens (including phenoxy) is 1. The summed E-state index contributed by atoms with van der Waals surface area (Å²) in [5, 5.41) is 9.09. The van der Waals surface area contributed by atoms with Gasteiger partial charge in [-0.2, -0.15) is 0 Å². The molecule has 0 spiro atoms. The number of esters is 1. The van der Waals surface area contributed by atoms with E-state index >= 15 is 0 Å². The molecular weight excluding hydrogens is 308 g/mol. The molecule has 1 fully saturated rings. The monoisotopic (exact) mass is 334 g/mol. The molecule has 3 atom stereocenters. The molecule has 1 saturated carbocycles. The minimum absolute atomic E-state index is 0.109. The van der Waals surface area contributed by atoms with Gasteiger partial charge in [0.05, 0.1) is 11.4 Å². The van der Waals surface area contributed by atoms with Crippen LogP contribution >= 0.6 is 0 Å². The second kappa shape index (κ2) is 7.28. The molecule has 0 aromatic carbocycles. The van der Waals surface area contributed by atoms with Crippen LogP contribution in [0, 0.1) is 31.6 Å². The highest BCUT2D eigenvalue weighted by molar-refractivity contribution is 5.91. The fourth-order valence-electron chi connectivity index (χ4n) is 3.44. The molecule has 24 heavy (non-hydrogen) atoms. The van der Waals surface area contributed by atoms with E-state index in [1.165, 1.54) is 6.92 Å². The van der Waals surface area contributed by atoms with Crippen LogP contribution in [0.3, 0.4) is 0 Å². The number of hydrogen-bond donors (Lipinski definition) is 1. The number of carbonyl (C=O) groups excluding carboxylic acids is 1. The van der Waals surface area contributed by atoms with E-state index in [9.17, 15) is 9.59 Å². The summed E-state index contributed by atoms with van der Waals surface area (Å²) in [7, 11) is 0. The average molecular weight is 334 g/mol. The highest BCUT2D eigenvalue weighted by Gasteiger charge is 2.34. The van der Waals surface area contributed by atoms with Crippen molar-refractivity contribution in [2.75, 3.05) is 0 Å². The summed E-state index contributed by atoms with van der Waals surface area (Å²) in [6.45, 7) is 9.59. The van der Waals surface area contributed by atoms with Gasteiger partial charge in [0.1, 0.15) is 6.10 Å². The number of aryl methyl sites for hydroxylation is 2. The van der Waals surface area contributed by atoms with E-state index in [0.717, 1.165) is 19.3 Å². The Labute approximate surface area is 142 Å². The molecule has 0 amide bonds. The van der Waals surface area contributed by atoms with Crippen LogP contribution in [0.2, 0.25) is 0 Å². The zero-order valence-corrected chi connectivity index (χ0v) is 15.0. The van der Waals surface area contributed by atoms with Gasteiger partial charge in [0.15, 0.2) is 11.4 Å². The molecule has 1 heterocycles. The number of carboxylic acid groups (broad SMARTS) is 1. The highest BCUT2D eigenvalue weighted by atomic mass is 16.5. The Morgan fingerprint density at radius 2 is 1.71 bits per heavy atom. The third-order valence-electron chi connectivity index (χ3n) is 4.86. The van der Waals surface area contributed by atoms with Crippen LogP contribution in [0.1, 0.15) is 72.4 Å². The van der Waals surface area contributed by atoms with Crippen molar-refractivity contribution in [3.05, 3.63) is 22.8 Å². The first kappa shape index (κ1) is 18.4. The minimum atomic E-state index is -1.15. The molecule has 3 unspecified atom stereocenters. The van der Waals surface area contributed by atoms with E-state index in [1.807, 2.05) is 0 Å². The number of carbonyl (C=O) groups is 2. The lowest BCUT2D eigenvalue weighted by atomic mass is 9.75. The van der Waals surface area contributed by atoms with Crippen molar-refractivity contribution in [2.45, 2.75) is 60.0 Å². The molecule has 1 aromatic rings. The maximum absolute atomic E-state index is 12.6. The largest absolute Gasteiger partial charge is 0.476 e. The molecule has 1 aromatic heterocycles. The fourth-order valence-corrected chi connectivity index (χ4v) is 3.44. The van der Waals surface area contributed by atoms with Crippen LogP contribution in [-0.4, -0.2) is 33.1 Å². The molecule has 132 valence electrons. The quantitative estimate of drug-likeness (QED) is 0.849. The third-order valence-corrected chi connectivity index (χ3v) is 4.86. The summed E-state index contributed by atoms with van der Waals surface area (Å²) in [5.74, 6) is -0.341. The Morgan fingerprint density at radius 3 is 2.29 bits per heavy atom. The van der Waals surface area contributed by atoms with Gasteiger partial charge in [0.25, 0.3) is 0 Å². The van der Waals surface area contributed by atoms with Crippen LogP contribution in [0.5, 0.6) is 0 Å². The van der Waals surface area contributed by atoms with Crippen LogP contribution in [0.25, 0.3) is 0 Å². The molecule has 6 nitrogen and oxygen atoms in total. The van der Waals surface area contributed by atoms with Gasteiger partial charge in [0.2, 0.25) is 0 Å². The second-order valence-electron chi connectivity index (χ2n) is 7.17. The molecule has 0 saturated heterocycles. The topological polar surface area (TPSA) is 89.4 Å². The Hall–Kier alpha value is -1.98. The predicted octanol–water partition coefficient (Wildman–Crippen LogP) is 3.41. The van der Waals surface area contributed by atoms with E-state index in [4.69, 9.17) is 9.84 Å². The lowest BCUT2D eigenvalue weighted by molar-refractivity contribution is -0.0180. The van der Waals surface area contributed by atoms with E-state index in [2.05, 4.69) is 30.7 Å². The molecule has 2 rings (SSSR count). The standard InChI is InChI=1S/C18H26N2O4/c1-9(2)13-7-6-10(3)8-14(13)24-18(23)16-12(5)19-15(17(21)22)11(4)20-16/h9-10,13-14H,6-8H2,1-5H3,(H,21,22). The molecule has 1 N–H and O–H groups in total. The van der Waals surface area contributed by atoms with Crippen LogP contribution in [0.4, 0.5) is 0 Å². The zero-order chi connectivity index (χ0) is 18.0. The lowest BCUT2D eigenvalue weighted by Crippen LogP contribution is -2.36. The SMILES string of the molecule is Cc1nc(C(=O)OC2CC(C)CCC2C(C)C)c(C)nc1C(=O)O. The van der Waals surface area contributed by atoms with Crippen LogP contribution in [0.15, 0.2) is 0 Å². The van der Waals surface area contributed by atoms with Crippen molar-refractivity contribution in [2.24, 2.45) is 17.8 Å². The van der Waals surface area contributed by atoms with Gasteiger partial charge >= 0.3 is 11.9 Å². The van der Waals surface area contributed by atoms with Crippen molar-refractivity contribution in [1.29, 1.82) is 0 Å². The van der Waals surface area contributed by atoms with Gasteiger partial charge in [-0.15, -0.1) is 0 Å². The Kier molecular flexibility index (Phi) is 5.57. The fraction of sp³-hybridized carbons (Fsp3) is 0.667. The van der Waals surface area contributed by atoms with Crippen molar-refractivity contribution in [3.8, 4) is 0 Å². The molecule has 0 radical (unpaired) electrons. The third kappa shape index (κ3) is 3.91. The van der Waals surface area contributed by atoms with Gasteiger partial charge in [-0.25, -0.2) is 19.6 Å². The average Bonchev–Trinajstić information content (AvgIpc) is 2.48. The number of aromatic nitrogens is 2. The number of carboxylic acids is 1. The summed E-state index contributed by atoms with van der Waals surface area (Å²) >= 11 is 0. The number of rotatable bonds is 4. The summed E-state index contributed by atoms with van der Waals surface area (Å²) in [6, 6.07) is 0.